The number of hydrogen-bond donors (Lipinski definition) is 1. The van der Waals surface area contributed by atoms with Gasteiger partial charge in [0.25, 0.3) is 5.91 Å². The number of hydrogen-bond acceptors (Lipinski definition) is 7. The Kier molecular flexibility index (Phi) is 4.66. The van der Waals surface area contributed by atoms with Crippen molar-refractivity contribution in [2.75, 3.05) is 12.4 Å². The maximum Gasteiger partial charge on any atom is 0.375 e. The van der Waals surface area contributed by atoms with E-state index in [-0.39, 0.29) is 11.6 Å². The number of nitrogens with one attached hydrogen (secondary N) is 1. The summed E-state index contributed by atoms with van der Waals surface area (Å²) >= 11 is 0. The molecule has 3 rings (SSSR count). The number of fused-ring (bicyclic) bond motifs is 1. The highest BCUT2D eigenvalue weighted by atomic mass is 16.6. The predicted octanol–water partition coefficient (Wildman–Crippen LogP) is 3.23. The van der Waals surface area contributed by atoms with Crippen LogP contribution in [0.25, 0.3) is 11.0 Å². The molecular formula is C18H18N2O6. The van der Waals surface area contributed by atoms with Crippen molar-refractivity contribution in [2.45, 2.75) is 26.9 Å². The molecule has 0 unspecified atom stereocenters. The number of methoxy groups -OCH3 is 1. The van der Waals surface area contributed by atoms with Crippen molar-refractivity contribution in [3.8, 4) is 5.75 Å². The van der Waals surface area contributed by atoms with Crippen LogP contribution in [0.4, 0.5) is 5.82 Å². The Bertz CT molecular complexity index is 971. The molecule has 0 aliphatic carbocycles. The quantitative estimate of drug-likeness (QED) is 0.698. The fourth-order valence-electron chi connectivity index (χ4n) is 2.44. The molecule has 1 N–H and O–H groups in total. The minimum Gasteiger partial charge on any atom is -0.497 e. The maximum atomic E-state index is 12.4. The van der Waals surface area contributed by atoms with Crippen LogP contribution in [0.2, 0.25) is 0 Å². The van der Waals surface area contributed by atoms with Crippen molar-refractivity contribution in [3.05, 3.63) is 41.3 Å². The van der Waals surface area contributed by atoms with Crippen LogP contribution in [0.15, 0.2) is 33.2 Å². The summed E-state index contributed by atoms with van der Waals surface area (Å²) in [7, 11) is 1.56. The van der Waals surface area contributed by atoms with E-state index in [4.69, 9.17) is 18.4 Å². The van der Waals surface area contributed by atoms with Crippen molar-refractivity contribution in [2.24, 2.45) is 0 Å². The smallest absolute Gasteiger partial charge is 0.375 e. The third kappa shape index (κ3) is 3.39. The highest BCUT2D eigenvalue weighted by Crippen LogP contribution is 2.29. The van der Waals surface area contributed by atoms with Crippen molar-refractivity contribution in [3.63, 3.8) is 0 Å². The zero-order valence-corrected chi connectivity index (χ0v) is 14.8. The lowest BCUT2D eigenvalue weighted by Gasteiger charge is -2.11. The molecule has 8 nitrogen and oxygen atoms in total. The third-order valence-electron chi connectivity index (χ3n) is 3.86. The molecule has 136 valence electrons. The van der Waals surface area contributed by atoms with E-state index < -0.39 is 18.0 Å². The topological polar surface area (TPSA) is 104 Å². The Hall–Kier alpha value is -3.29. The summed E-state index contributed by atoms with van der Waals surface area (Å²) in [6.07, 6.45) is -1.04. The molecule has 0 spiro atoms. The fourth-order valence-corrected chi connectivity index (χ4v) is 2.44. The molecule has 2 aromatic heterocycles. The zero-order valence-electron chi connectivity index (χ0n) is 14.8. The van der Waals surface area contributed by atoms with Gasteiger partial charge in [-0.25, -0.2) is 4.79 Å². The summed E-state index contributed by atoms with van der Waals surface area (Å²) in [5, 5.41) is 6.91. The standard InChI is InChI=1S/C18H18N2O6/c1-9-7-15(20-26-9)19-17(21)11(3)24-18(22)16-10(2)13-8-12(23-4)5-6-14(13)25-16/h5-8,11H,1-4H3,(H,19,20,21)/t11-/m0/s1. The second-order valence-electron chi connectivity index (χ2n) is 5.78. The molecule has 1 aromatic carbocycles. The summed E-state index contributed by atoms with van der Waals surface area (Å²) in [4.78, 5) is 24.5. The summed E-state index contributed by atoms with van der Waals surface area (Å²) in [5.74, 6) is 0.251. The number of carbonyl (C=O) groups is 2. The molecule has 0 aliphatic rings. The number of ether oxygens (including phenoxy) is 2. The number of aromatic nitrogens is 1. The van der Waals surface area contributed by atoms with Crippen LogP contribution < -0.4 is 10.1 Å². The second-order valence-corrected chi connectivity index (χ2v) is 5.78. The number of amides is 1. The van der Waals surface area contributed by atoms with E-state index in [1.807, 2.05) is 0 Å². The van der Waals surface area contributed by atoms with E-state index in [0.29, 0.717) is 22.7 Å². The highest BCUT2D eigenvalue weighted by molar-refractivity contribution is 5.99. The minimum atomic E-state index is -1.04. The van der Waals surface area contributed by atoms with Crippen molar-refractivity contribution >= 4 is 28.7 Å². The first-order valence-electron chi connectivity index (χ1n) is 7.91. The SMILES string of the molecule is COc1ccc2oc(C(=O)O[C@@H](C)C(=O)Nc3cc(C)on3)c(C)c2c1. The largest absolute Gasteiger partial charge is 0.497 e. The molecule has 3 aromatic rings. The Labute approximate surface area is 149 Å². The number of esters is 1. The average molecular weight is 358 g/mol. The van der Waals surface area contributed by atoms with Crippen LogP contribution in [0.3, 0.4) is 0 Å². The van der Waals surface area contributed by atoms with Crippen LogP contribution in [0.5, 0.6) is 5.75 Å². The van der Waals surface area contributed by atoms with Gasteiger partial charge in [0.15, 0.2) is 11.9 Å². The Morgan fingerprint density at radius 1 is 1.23 bits per heavy atom. The van der Waals surface area contributed by atoms with E-state index in [9.17, 15) is 9.59 Å². The molecule has 0 radical (unpaired) electrons. The lowest BCUT2D eigenvalue weighted by molar-refractivity contribution is -0.123. The van der Waals surface area contributed by atoms with Crippen molar-refractivity contribution in [1.82, 2.24) is 5.16 Å². The fraction of sp³-hybridized carbons (Fsp3) is 0.278. The summed E-state index contributed by atoms with van der Waals surface area (Å²) in [5.41, 5.74) is 1.15. The number of anilines is 1. The van der Waals surface area contributed by atoms with Crippen molar-refractivity contribution < 1.29 is 28.0 Å². The van der Waals surface area contributed by atoms with E-state index in [1.165, 1.54) is 6.92 Å². The van der Waals surface area contributed by atoms with Crippen LogP contribution in [0, 0.1) is 13.8 Å². The van der Waals surface area contributed by atoms with Crippen LogP contribution in [-0.4, -0.2) is 30.2 Å². The molecular weight excluding hydrogens is 340 g/mol. The number of furan rings is 1. The number of benzene rings is 1. The van der Waals surface area contributed by atoms with Gasteiger partial charge in [-0.15, -0.1) is 0 Å². The Morgan fingerprint density at radius 3 is 2.65 bits per heavy atom. The Balaban J connectivity index is 1.73. The molecule has 26 heavy (non-hydrogen) atoms. The van der Waals surface area contributed by atoms with Crippen LogP contribution >= 0.6 is 0 Å². The molecule has 0 aliphatic heterocycles. The van der Waals surface area contributed by atoms with Gasteiger partial charge in [-0.05, 0) is 39.0 Å². The second kappa shape index (κ2) is 6.91. The number of aryl methyl sites for hydroxylation is 2. The van der Waals surface area contributed by atoms with E-state index in [0.717, 1.165) is 5.39 Å². The monoisotopic (exact) mass is 358 g/mol. The first-order valence-corrected chi connectivity index (χ1v) is 7.91. The number of rotatable bonds is 5. The van der Waals surface area contributed by atoms with Gasteiger partial charge in [0, 0.05) is 17.0 Å². The number of nitrogens with zero attached hydrogens (tertiary/aromatic N) is 1. The average Bonchev–Trinajstić information content (AvgIpc) is 3.17. The minimum absolute atomic E-state index is 0.0465. The van der Waals surface area contributed by atoms with Crippen molar-refractivity contribution in [1.29, 1.82) is 0 Å². The Morgan fingerprint density at radius 2 is 2.00 bits per heavy atom. The van der Waals surface area contributed by atoms with Gasteiger partial charge in [0.1, 0.15) is 17.1 Å². The third-order valence-corrected chi connectivity index (χ3v) is 3.86. The normalized spacial score (nSPS) is 12.0. The van der Waals surface area contributed by atoms with Crippen LogP contribution in [0.1, 0.15) is 28.8 Å². The summed E-state index contributed by atoms with van der Waals surface area (Å²) in [6, 6.07) is 6.77. The predicted molar refractivity (Wildman–Crippen MR) is 92.3 cm³/mol. The molecule has 8 heteroatoms. The lowest BCUT2D eigenvalue weighted by Crippen LogP contribution is -2.30. The number of carbonyl (C=O) groups excluding carboxylic acids is 2. The van der Waals surface area contributed by atoms with Crippen LogP contribution in [-0.2, 0) is 9.53 Å². The van der Waals surface area contributed by atoms with Gasteiger partial charge in [-0.1, -0.05) is 5.16 Å². The van der Waals surface area contributed by atoms with Gasteiger partial charge in [-0.2, -0.15) is 0 Å². The molecule has 0 saturated heterocycles. The van der Waals surface area contributed by atoms with Gasteiger partial charge in [0.2, 0.25) is 5.76 Å². The molecule has 1 amide bonds. The summed E-state index contributed by atoms with van der Waals surface area (Å²) < 4.78 is 20.8. The molecule has 0 fully saturated rings. The molecule has 0 bridgehead atoms. The first-order chi connectivity index (χ1) is 12.4. The van der Waals surface area contributed by atoms with E-state index >= 15 is 0 Å². The van der Waals surface area contributed by atoms with Gasteiger partial charge in [0.05, 0.1) is 7.11 Å². The van der Waals surface area contributed by atoms with Gasteiger partial charge >= 0.3 is 5.97 Å². The molecule has 2 heterocycles. The molecule has 0 saturated carbocycles. The maximum absolute atomic E-state index is 12.4. The first kappa shape index (κ1) is 17.5. The van der Waals surface area contributed by atoms with Gasteiger partial charge in [-0.3, -0.25) is 4.79 Å². The van der Waals surface area contributed by atoms with E-state index in [2.05, 4.69) is 10.5 Å². The van der Waals surface area contributed by atoms with Gasteiger partial charge < -0.3 is 23.7 Å². The highest BCUT2D eigenvalue weighted by Gasteiger charge is 2.25. The zero-order chi connectivity index (χ0) is 18.8. The summed E-state index contributed by atoms with van der Waals surface area (Å²) in [6.45, 7) is 4.90. The lowest BCUT2D eigenvalue weighted by atomic mass is 10.1. The van der Waals surface area contributed by atoms with E-state index in [1.54, 1.807) is 45.2 Å². The molecule has 1 atom stereocenters.